The predicted molar refractivity (Wildman–Crippen MR) is 58.5 cm³/mol. The Hall–Kier alpha value is -1.46. The first-order valence-electron chi connectivity index (χ1n) is 4.81. The van der Waals surface area contributed by atoms with Crippen LogP contribution in [0.4, 0.5) is 5.69 Å². The molecule has 0 spiro atoms. The Bertz CT molecular complexity index is 341. The summed E-state index contributed by atoms with van der Waals surface area (Å²) < 4.78 is 0. The number of para-hydroxylation sites is 1. The average molecular weight is 209 g/mol. The summed E-state index contributed by atoms with van der Waals surface area (Å²) in [7, 11) is 0. The molecule has 0 bridgehead atoms. The topological polar surface area (TPSA) is 81.2 Å². The lowest BCUT2D eigenvalue weighted by molar-refractivity contribution is -0.385. The van der Waals surface area contributed by atoms with Gasteiger partial charge in [0.1, 0.15) is 0 Å². The summed E-state index contributed by atoms with van der Waals surface area (Å²) in [6.45, 7) is 2.92. The van der Waals surface area contributed by atoms with Crippen LogP contribution >= 0.6 is 0 Å². The van der Waals surface area contributed by atoms with Gasteiger partial charge in [0.25, 0.3) is 5.69 Å². The second-order valence-corrected chi connectivity index (χ2v) is 3.40. The fourth-order valence-corrected chi connectivity index (χ4v) is 1.21. The first kappa shape index (κ1) is 11.6. The summed E-state index contributed by atoms with van der Waals surface area (Å²) in [5.41, 5.74) is 6.27. The molecule has 0 aliphatic rings. The molecule has 0 aliphatic carbocycles. The number of nitrogens with zero attached hydrogens (tertiary/aromatic N) is 1. The third kappa shape index (κ3) is 3.30. The second-order valence-electron chi connectivity index (χ2n) is 3.40. The van der Waals surface area contributed by atoms with Gasteiger partial charge in [-0.2, -0.15) is 0 Å². The van der Waals surface area contributed by atoms with Crippen LogP contribution < -0.4 is 11.1 Å². The summed E-state index contributed by atoms with van der Waals surface area (Å²) in [6.07, 6.45) is 0. The molecule has 5 heteroatoms. The quantitative estimate of drug-likeness (QED) is 0.560. The molecule has 1 unspecified atom stereocenters. The molecule has 15 heavy (non-hydrogen) atoms. The second kappa shape index (κ2) is 5.43. The SMILES string of the molecule is CC(CN)NCc1ccccc1[N+](=O)[O-]. The van der Waals surface area contributed by atoms with E-state index in [4.69, 9.17) is 5.73 Å². The maximum Gasteiger partial charge on any atom is 0.273 e. The molecule has 1 atom stereocenters. The minimum Gasteiger partial charge on any atom is -0.329 e. The molecule has 0 saturated carbocycles. The number of rotatable bonds is 5. The number of nitrogens with one attached hydrogen (secondary N) is 1. The Labute approximate surface area is 88.4 Å². The maximum absolute atomic E-state index is 10.7. The van der Waals surface area contributed by atoms with E-state index >= 15 is 0 Å². The minimum atomic E-state index is -0.371. The molecular formula is C10H15N3O2. The number of nitro benzene ring substituents is 1. The van der Waals surface area contributed by atoms with Crippen LogP contribution in [0, 0.1) is 10.1 Å². The summed E-state index contributed by atoms with van der Waals surface area (Å²) in [5, 5.41) is 13.8. The summed E-state index contributed by atoms with van der Waals surface area (Å²) >= 11 is 0. The molecule has 0 radical (unpaired) electrons. The minimum absolute atomic E-state index is 0.147. The number of hydrogen-bond acceptors (Lipinski definition) is 4. The molecule has 0 aliphatic heterocycles. The highest BCUT2D eigenvalue weighted by atomic mass is 16.6. The number of nitrogens with two attached hydrogens (primary N) is 1. The van der Waals surface area contributed by atoms with Crippen LogP contribution in [0.15, 0.2) is 24.3 Å². The van der Waals surface area contributed by atoms with Crippen molar-refractivity contribution in [3.8, 4) is 0 Å². The highest BCUT2D eigenvalue weighted by Gasteiger charge is 2.11. The van der Waals surface area contributed by atoms with E-state index in [9.17, 15) is 10.1 Å². The van der Waals surface area contributed by atoms with Gasteiger partial charge in [0.05, 0.1) is 4.92 Å². The molecule has 0 heterocycles. The van der Waals surface area contributed by atoms with Crippen LogP contribution in [-0.2, 0) is 6.54 Å². The van der Waals surface area contributed by atoms with Crippen molar-refractivity contribution in [2.75, 3.05) is 6.54 Å². The lowest BCUT2D eigenvalue weighted by atomic mass is 10.1. The van der Waals surface area contributed by atoms with Crippen molar-refractivity contribution >= 4 is 5.69 Å². The Kier molecular flexibility index (Phi) is 4.20. The smallest absolute Gasteiger partial charge is 0.273 e. The van der Waals surface area contributed by atoms with Crippen LogP contribution in [0.25, 0.3) is 0 Å². The van der Waals surface area contributed by atoms with Gasteiger partial charge in [-0.05, 0) is 6.92 Å². The van der Waals surface area contributed by atoms with Crippen molar-refractivity contribution in [1.82, 2.24) is 5.32 Å². The molecule has 5 nitrogen and oxygen atoms in total. The number of benzene rings is 1. The van der Waals surface area contributed by atoms with Gasteiger partial charge in [-0.25, -0.2) is 0 Å². The van der Waals surface area contributed by atoms with Crippen LogP contribution in [0.2, 0.25) is 0 Å². The van der Waals surface area contributed by atoms with E-state index in [-0.39, 0.29) is 16.7 Å². The molecule has 0 fully saturated rings. The van der Waals surface area contributed by atoms with Crippen LogP contribution in [0.5, 0.6) is 0 Å². The van der Waals surface area contributed by atoms with Crippen molar-refractivity contribution in [3.63, 3.8) is 0 Å². The molecular weight excluding hydrogens is 194 g/mol. The first-order valence-corrected chi connectivity index (χ1v) is 4.81. The van der Waals surface area contributed by atoms with Crippen molar-refractivity contribution in [2.24, 2.45) is 5.73 Å². The molecule has 82 valence electrons. The van der Waals surface area contributed by atoms with Crippen LogP contribution in [-0.4, -0.2) is 17.5 Å². The largest absolute Gasteiger partial charge is 0.329 e. The summed E-state index contributed by atoms with van der Waals surface area (Å²) in [6, 6.07) is 6.86. The summed E-state index contributed by atoms with van der Waals surface area (Å²) in [5.74, 6) is 0. The van der Waals surface area contributed by atoms with Gasteiger partial charge in [0.2, 0.25) is 0 Å². The van der Waals surface area contributed by atoms with Gasteiger partial charge in [0.15, 0.2) is 0 Å². The Morgan fingerprint density at radius 1 is 1.53 bits per heavy atom. The fraction of sp³-hybridized carbons (Fsp3) is 0.400. The molecule has 1 aromatic carbocycles. The van der Waals surface area contributed by atoms with E-state index in [2.05, 4.69) is 5.32 Å². The van der Waals surface area contributed by atoms with E-state index in [1.807, 2.05) is 6.92 Å². The molecule has 3 N–H and O–H groups in total. The van der Waals surface area contributed by atoms with Crippen molar-refractivity contribution in [2.45, 2.75) is 19.5 Å². The van der Waals surface area contributed by atoms with Gasteiger partial charge >= 0.3 is 0 Å². The third-order valence-corrected chi connectivity index (χ3v) is 2.18. The van der Waals surface area contributed by atoms with Gasteiger partial charge in [-0.1, -0.05) is 18.2 Å². The molecule has 0 saturated heterocycles. The Morgan fingerprint density at radius 2 is 2.20 bits per heavy atom. The predicted octanol–water partition coefficient (Wildman–Crippen LogP) is 1.03. The van der Waals surface area contributed by atoms with Gasteiger partial charge in [-0.3, -0.25) is 10.1 Å². The van der Waals surface area contributed by atoms with Crippen molar-refractivity contribution < 1.29 is 4.92 Å². The summed E-state index contributed by atoms with van der Waals surface area (Å²) in [4.78, 5) is 10.3. The van der Waals surface area contributed by atoms with Gasteiger partial charge in [-0.15, -0.1) is 0 Å². The monoisotopic (exact) mass is 209 g/mol. The van der Waals surface area contributed by atoms with Crippen molar-refractivity contribution in [1.29, 1.82) is 0 Å². The zero-order chi connectivity index (χ0) is 11.3. The lowest BCUT2D eigenvalue weighted by Crippen LogP contribution is -2.32. The molecule has 1 rings (SSSR count). The maximum atomic E-state index is 10.7. The molecule has 0 aromatic heterocycles. The fourth-order valence-electron chi connectivity index (χ4n) is 1.21. The van der Waals surface area contributed by atoms with E-state index < -0.39 is 0 Å². The first-order chi connectivity index (χ1) is 7.15. The zero-order valence-corrected chi connectivity index (χ0v) is 8.64. The normalized spacial score (nSPS) is 12.4. The van der Waals surface area contributed by atoms with E-state index in [0.29, 0.717) is 18.7 Å². The van der Waals surface area contributed by atoms with E-state index in [1.165, 1.54) is 6.07 Å². The molecule has 1 aromatic rings. The zero-order valence-electron chi connectivity index (χ0n) is 8.64. The van der Waals surface area contributed by atoms with Crippen molar-refractivity contribution in [3.05, 3.63) is 39.9 Å². The Balaban J connectivity index is 2.72. The Morgan fingerprint density at radius 3 is 2.80 bits per heavy atom. The highest BCUT2D eigenvalue weighted by molar-refractivity contribution is 5.39. The standard InChI is InChI=1S/C10H15N3O2/c1-8(6-11)12-7-9-4-2-3-5-10(9)13(14)15/h2-5,8,12H,6-7,11H2,1H3. The van der Waals surface area contributed by atoms with Crippen LogP contribution in [0.1, 0.15) is 12.5 Å². The number of hydrogen-bond donors (Lipinski definition) is 2. The average Bonchev–Trinajstić information content (AvgIpc) is 2.26. The highest BCUT2D eigenvalue weighted by Crippen LogP contribution is 2.17. The third-order valence-electron chi connectivity index (χ3n) is 2.18. The van der Waals surface area contributed by atoms with Gasteiger partial charge in [0, 0.05) is 30.8 Å². The number of nitro groups is 1. The molecule has 0 amide bonds. The van der Waals surface area contributed by atoms with E-state index in [0.717, 1.165) is 0 Å². The van der Waals surface area contributed by atoms with Gasteiger partial charge < -0.3 is 11.1 Å². The lowest BCUT2D eigenvalue weighted by Gasteiger charge is -2.10. The van der Waals surface area contributed by atoms with E-state index in [1.54, 1.807) is 18.2 Å². The van der Waals surface area contributed by atoms with Crippen LogP contribution in [0.3, 0.4) is 0 Å².